The summed E-state index contributed by atoms with van der Waals surface area (Å²) in [7, 11) is 1.43. The van der Waals surface area contributed by atoms with Gasteiger partial charge in [-0.3, -0.25) is 4.79 Å². The Bertz CT molecular complexity index is 1280. The summed E-state index contributed by atoms with van der Waals surface area (Å²) in [4.78, 5) is 29.6. The van der Waals surface area contributed by atoms with Crippen molar-refractivity contribution in [3.63, 3.8) is 0 Å². The van der Waals surface area contributed by atoms with E-state index in [4.69, 9.17) is 9.47 Å². The van der Waals surface area contributed by atoms with Gasteiger partial charge in [0.25, 0.3) is 5.91 Å². The van der Waals surface area contributed by atoms with Crippen LogP contribution in [-0.2, 0) is 11.4 Å². The lowest BCUT2D eigenvalue weighted by Crippen LogP contribution is -2.50. The molecule has 0 saturated heterocycles. The Morgan fingerprint density at radius 3 is 2.27 bits per heavy atom. The molecular formula is C26H27F3N2O6. The van der Waals surface area contributed by atoms with Crippen LogP contribution in [0.4, 0.5) is 13.2 Å². The van der Waals surface area contributed by atoms with Crippen LogP contribution in [0.1, 0.15) is 43.1 Å². The van der Waals surface area contributed by atoms with Gasteiger partial charge in [-0.1, -0.05) is 39.0 Å². The number of halogens is 3. The number of rotatable bonds is 10. The van der Waals surface area contributed by atoms with Gasteiger partial charge >= 0.3 is 12.3 Å². The summed E-state index contributed by atoms with van der Waals surface area (Å²) in [6.07, 6.45) is -4.31. The summed E-state index contributed by atoms with van der Waals surface area (Å²) < 4.78 is 52.4. The highest BCUT2D eigenvalue weighted by atomic mass is 19.4. The van der Waals surface area contributed by atoms with Crippen molar-refractivity contribution in [2.45, 2.75) is 46.2 Å². The normalized spacial score (nSPS) is 12.6. The predicted octanol–water partition coefficient (Wildman–Crippen LogP) is 5.34. The lowest BCUT2D eigenvalue weighted by Gasteiger charge is -2.31. The van der Waals surface area contributed by atoms with Crippen LogP contribution in [0.3, 0.4) is 0 Å². The number of methoxy groups -OCH3 is 1. The van der Waals surface area contributed by atoms with Crippen molar-refractivity contribution in [3.8, 4) is 17.4 Å². The van der Waals surface area contributed by atoms with E-state index in [9.17, 15) is 27.9 Å². The van der Waals surface area contributed by atoms with Crippen LogP contribution in [0.2, 0.25) is 0 Å². The van der Waals surface area contributed by atoms with E-state index in [0.29, 0.717) is 22.9 Å². The molecule has 0 bridgehead atoms. The molecule has 8 nitrogen and oxygen atoms in total. The van der Waals surface area contributed by atoms with Crippen molar-refractivity contribution in [2.75, 3.05) is 7.11 Å². The van der Waals surface area contributed by atoms with E-state index in [0.717, 1.165) is 12.1 Å². The molecule has 1 aromatic heterocycles. The first kappa shape index (κ1) is 27.6. The number of hydrogen-bond donors (Lipinski definition) is 2. The Balaban J connectivity index is 1.97. The number of amides is 1. The second kappa shape index (κ2) is 10.9. The van der Waals surface area contributed by atoms with E-state index >= 15 is 0 Å². The Morgan fingerprint density at radius 1 is 1.05 bits per heavy atom. The van der Waals surface area contributed by atoms with E-state index in [1.807, 2.05) is 6.92 Å². The monoisotopic (exact) mass is 520 g/mol. The summed E-state index contributed by atoms with van der Waals surface area (Å²) in [6.45, 7) is 5.19. The molecule has 0 fully saturated rings. The number of aromatic nitrogens is 1. The molecule has 3 rings (SSSR count). The van der Waals surface area contributed by atoms with Crippen molar-refractivity contribution in [1.29, 1.82) is 0 Å². The number of benzene rings is 2. The van der Waals surface area contributed by atoms with E-state index in [2.05, 4.69) is 15.0 Å². The number of carbonyl (C=O) groups excluding carboxylic acids is 1. The molecule has 0 aliphatic carbocycles. The van der Waals surface area contributed by atoms with Crippen LogP contribution in [0.15, 0.2) is 48.5 Å². The molecule has 0 aliphatic heterocycles. The topological polar surface area (TPSA) is 107 Å². The summed E-state index contributed by atoms with van der Waals surface area (Å²) in [5.74, 6) is -1.90. The van der Waals surface area contributed by atoms with E-state index in [1.54, 1.807) is 32.0 Å². The van der Waals surface area contributed by atoms with Gasteiger partial charge in [0.05, 0.1) is 12.7 Å². The van der Waals surface area contributed by atoms with Gasteiger partial charge in [0.15, 0.2) is 5.75 Å². The maximum absolute atomic E-state index is 13.3. The fraction of sp³-hybridized carbons (Fsp3) is 0.346. The number of alkyl halides is 3. The van der Waals surface area contributed by atoms with Crippen LogP contribution in [-0.4, -0.2) is 41.5 Å². The largest absolute Gasteiger partial charge is 0.573 e. The molecule has 1 amide bonds. The molecule has 3 aromatic rings. The molecule has 0 spiro atoms. The lowest BCUT2D eigenvalue weighted by atomic mass is 9.81. The zero-order valence-electron chi connectivity index (χ0n) is 20.7. The molecular weight excluding hydrogens is 493 g/mol. The van der Waals surface area contributed by atoms with Gasteiger partial charge in [-0.05, 0) is 41.7 Å². The van der Waals surface area contributed by atoms with Gasteiger partial charge in [-0.2, -0.15) is 0 Å². The number of nitrogens with one attached hydrogen (secondary N) is 1. The standard InChI is InChI=1S/C26H27F3N2O6/c1-5-25(2,3)22(24(33)34)31-23(32)18-12-8-16-9-13-19(35-4)30-20(16)21(18)36-14-15-6-10-17(11-7-15)37-26(27,28)29/h6-13,22H,5,14H2,1-4H3,(H,31,32)(H,33,34). The minimum absolute atomic E-state index is 0.0448. The minimum atomic E-state index is -4.81. The van der Waals surface area contributed by atoms with Crippen molar-refractivity contribution in [1.82, 2.24) is 10.3 Å². The summed E-state index contributed by atoms with van der Waals surface area (Å²) in [5, 5.41) is 12.9. The lowest BCUT2D eigenvalue weighted by molar-refractivity contribution is -0.274. The van der Waals surface area contributed by atoms with Gasteiger partial charge in [-0.15, -0.1) is 13.2 Å². The minimum Gasteiger partial charge on any atom is -0.486 e. The number of hydrogen-bond acceptors (Lipinski definition) is 6. The average molecular weight is 521 g/mol. The number of aliphatic carboxylic acids is 1. The quantitative estimate of drug-likeness (QED) is 0.372. The molecule has 1 atom stereocenters. The first-order valence-corrected chi connectivity index (χ1v) is 11.3. The van der Waals surface area contributed by atoms with Gasteiger partial charge in [0.1, 0.15) is 23.9 Å². The Kier molecular flexibility index (Phi) is 8.15. The smallest absolute Gasteiger partial charge is 0.486 e. The van der Waals surface area contributed by atoms with Gasteiger partial charge in [0, 0.05) is 11.5 Å². The number of carboxylic acids is 1. The maximum Gasteiger partial charge on any atom is 0.573 e. The summed E-state index contributed by atoms with van der Waals surface area (Å²) >= 11 is 0. The summed E-state index contributed by atoms with van der Waals surface area (Å²) in [6, 6.07) is 10.4. The number of pyridine rings is 1. The third kappa shape index (κ3) is 6.81. The van der Waals surface area contributed by atoms with Gasteiger partial charge in [-0.25, -0.2) is 9.78 Å². The fourth-order valence-electron chi connectivity index (χ4n) is 3.53. The number of nitrogens with zero attached hydrogens (tertiary/aromatic N) is 1. The SMILES string of the molecule is CCC(C)(C)C(NC(=O)c1ccc2ccc(OC)nc2c1OCc1ccc(OC(F)(F)F)cc1)C(=O)O. The molecule has 37 heavy (non-hydrogen) atoms. The van der Waals surface area contributed by atoms with Crippen LogP contribution in [0.5, 0.6) is 17.4 Å². The Labute approximate surface area is 211 Å². The van der Waals surface area contributed by atoms with E-state index in [1.165, 1.54) is 25.3 Å². The first-order valence-electron chi connectivity index (χ1n) is 11.3. The van der Waals surface area contributed by atoms with Gasteiger partial charge in [0.2, 0.25) is 5.88 Å². The van der Waals surface area contributed by atoms with Crippen molar-refractivity contribution < 1.29 is 42.1 Å². The maximum atomic E-state index is 13.3. The average Bonchev–Trinajstić information content (AvgIpc) is 2.84. The Hall–Kier alpha value is -4.02. The second-order valence-corrected chi connectivity index (χ2v) is 8.93. The van der Waals surface area contributed by atoms with Crippen molar-refractivity contribution >= 4 is 22.8 Å². The van der Waals surface area contributed by atoms with Crippen molar-refractivity contribution in [3.05, 3.63) is 59.7 Å². The Morgan fingerprint density at radius 2 is 1.70 bits per heavy atom. The molecule has 2 aromatic carbocycles. The first-order chi connectivity index (χ1) is 17.3. The molecule has 0 radical (unpaired) electrons. The molecule has 0 saturated carbocycles. The molecule has 11 heteroatoms. The number of carboxylic acid groups (broad SMARTS) is 1. The molecule has 198 valence electrons. The van der Waals surface area contributed by atoms with Crippen LogP contribution >= 0.6 is 0 Å². The number of carbonyl (C=O) groups is 2. The zero-order valence-corrected chi connectivity index (χ0v) is 20.7. The van der Waals surface area contributed by atoms with Crippen LogP contribution in [0.25, 0.3) is 10.9 Å². The highest BCUT2D eigenvalue weighted by Gasteiger charge is 2.36. The van der Waals surface area contributed by atoms with E-state index in [-0.39, 0.29) is 29.5 Å². The third-order valence-electron chi connectivity index (χ3n) is 6.00. The highest BCUT2D eigenvalue weighted by molar-refractivity contribution is 6.04. The number of fused-ring (bicyclic) bond motifs is 1. The molecule has 2 N–H and O–H groups in total. The number of ether oxygens (including phenoxy) is 3. The van der Waals surface area contributed by atoms with Crippen LogP contribution < -0.4 is 19.5 Å². The summed E-state index contributed by atoms with van der Waals surface area (Å²) in [5.41, 5.74) is 0.103. The molecule has 1 unspecified atom stereocenters. The molecule has 1 heterocycles. The van der Waals surface area contributed by atoms with Crippen molar-refractivity contribution in [2.24, 2.45) is 5.41 Å². The van der Waals surface area contributed by atoms with Gasteiger partial charge < -0.3 is 24.6 Å². The van der Waals surface area contributed by atoms with Crippen LogP contribution in [0, 0.1) is 5.41 Å². The predicted molar refractivity (Wildman–Crippen MR) is 129 cm³/mol. The fourth-order valence-corrected chi connectivity index (χ4v) is 3.53. The third-order valence-corrected chi connectivity index (χ3v) is 6.00. The zero-order chi connectivity index (χ0) is 27.4. The van der Waals surface area contributed by atoms with E-state index < -0.39 is 29.7 Å². The second-order valence-electron chi connectivity index (χ2n) is 8.93. The molecule has 0 aliphatic rings. The highest BCUT2D eigenvalue weighted by Crippen LogP contribution is 2.32.